The van der Waals surface area contributed by atoms with E-state index in [2.05, 4.69) is 5.32 Å². The molecule has 0 spiro atoms. The van der Waals surface area contributed by atoms with Gasteiger partial charge in [-0.25, -0.2) is 0 Å². The van der Waals surface area contributed by atoms with Gasteiger partial charge in [-0.05, 0) is 24.3 Å². The van der Waals surface area contributed by atoms with Gasteiger partial charge in [0.1, 0.15) is 0 Å². The van der Waals surface area contributed by atoms with Crippen LogP contribution in [0, 0.1) is 11.8 Å². The molecule has 0 heterocycles. The number of nitrogens with one attached hydrogen (secondary N) is 1. The molecular formula is C18H16NO3-. The van der Waals surface area contributed by atoms with E-state index in [9.17, 15) is 14.7 Å². The van der Waals surface area contributed by atoms with Gasteiger partial charge in [0.05, 0.1) is 5.92 Å². The maximum absolute atomic E-state index is 12.5. The highest BCUT2D eigenvalue weighted by Crippen LogP contribution is 2.28. The Morgan fingerprint density at radius 2 is 1.64 bits per heavy atom. The molecule has 112 valence electrons. The van der Waals surface area contributed by atoms with Gasteiger partial charge < -0.3 is 15.2 Å². The lowest BCUT2D eigenvalue weighted by Crippen LogP contribution is -2.41. The van der Waals surface area contributed by atoms with E-state index < -0.39 is 17.8 Å². The molecule has 1 aliphatic rings. The van der Waals surface area contributed by atoms with Crippen LogP contribution in [-0.4, -0.2) is 11.9 Å². The first-order valence-corrected chi connectivity index (χ1v) is 7.31. The second kappa shape index (κ2) is 6.02. The van der Waals surface area contributed by atoms with E-state index in [1.807, 2.05) is 48.5 Å². The van der Waals surface area contributed by atoms with E-state index in [4.69, 9.17) is 0 Å². The Labute approximate surface area is 128 Å². The number of hydrogen-bond acceptors (Lipinski definition) is 3. The fourth-order valence-electron chi connectivity index (χ4n) is 2.92. The van der Waals surface area contributed by atoms with Crippen LogP contribution in [0.3, 0.4) is 0 Å². The number of fused-ring (bicyclic) bond motifs is 1. The number of carboxylic acid groups (broad SMARTS) is 1. The molecule has 0 radical (unpaired) electrons. The van der Waals surface area contributed by atoms with Crippen molar-refractivity contribution in [1.82, 2.24) is 0 Å². The van der Waals surface area contributed by atoms with Gasteiger partial charge in [-0.1, -0.05) is 48.6 Å². The zero-order valence-electron chi connectivity index (χ0n) is 12.0. The van der Waals surface area contributed by atoms with Crippen LogP contribution in [0.2, 0.25) is 0 Å². The lowest BCUT2D eigenvalue weighted by Gasteiger charge is -2.28. The molecule has 1 N–H and O–H groups in total. The summed E-state index contributed by atoms with van der Waals surface area (Å²) in [5.74, 6) is -2.79. The van der Waals surface area contributed by atoms with Gasteiger partial charge in [-0.15, -0.1) is 0 Å². The fourth-order valence-corrected chi connectivity index (χ4v) is 2.92. The number of benzene rings is 2. The number of carbonyl (C=O) groups excluding carboxylic acids is 2. The second-order valence-corrected chi connectivity index (χ2v) is 5.49. The predicted molar refractivity (Wildman–Crippen MR) is 82.9 cm³/mol. The normalized spacial score (nSPS) is 20.7. The summed E-state index contributed by atoms with van der Waals surface area (Å²) in [5, 5.41) is 16.1. The average Bonchev–Trinajstić information content (AvgIpc) is 2.55. The lowest BCUT2D eigenvalue weighted by atomic mass is 9.82. The number of aliphatic carboxylic acids is 1. The van der Waals surface area contributed by atoms with Crippen molar-refractivity contribution < 1.29 is 14.7 Å². The van der Waals surface area contributed by atoms with Crippen molar-refractivity contribution in [1.29, 1.82) is 0 Å². The molecule has 2 aromatic carbocycles. The van der Waals surface area contributed by atoms with E-state index >= 15 is 0 Å². The van der Waals surface area contributed by atoms with Crippen LogP contribution in [0.4, 0.5) is 5.69 Å². The van der Waals surface area contributed by atoms with Gasteiger partial charge in [0.15, 0.2) is 0 Å². The number of allylic oxidation sites excluding steroid dienone is 2. The highest BCUT2D eigenvalue weighted by atomic mass is 16.4. The number of rotatable bonds is 3. The maximum atomic E-state index is 12.5. The minimum atomic E-state index is -1.16. The Bertz CT molecular complexity index is 746. The molecular weight excluding hydrogens is 278 g/mol. The Morgan fingerprint density at radius 1 is 0.955 bits per heavy atom. The average molecular weight is 294 g/mol. The second-order valence-electron chi connectivity index (χ2n) is 5.49. The molecule has 0 bridgehead atoms. The van der Waals surface area contributed by atoms with Crippen LogP contribution in [-0.2, 0) is 9.59 Å². The molecule has 4 nitrogen and oxygen atoms in total. The molecule has 0 unspecified atom stereocenters. The van der Waals surface area contributed by atoms with E-state index in [0.717, 1.165) is 10.8 Å². The number of carboxylic acids is 1. The number of hydrogen-bond donors (Lipinski definition) is 1. The first-order chi connectivity index (χ1) is 10.7. The van der Waals surface area contributed by atoms with Crippen LogP contribution >= 0.6 is 0 Å². The Morgan fingerprint density at radius 3 is 2.41 bits per heavy atom. The van der Waals surface area contributed by atoms with Gasteiger partial charge in [0.2, 0.25) is 5.91 Å². The molecule has 4 heteroatoms. The van der Waals surface area contributed by atoms with Gasteiger partial charge in [0.25, 0.3) is 0 Å². The summed E-state index contributed by atoms with van der Waals surface area (Å²) in [6, 6.07) is 13.4. The van der Waals surface area contributed by atoms with Crippen LogP contribution in [0.25, 0.3) is 10.8 Å². The minimum Gasteiger partial charge on any atom is -0.550 e. The van der Waals surface area contributed by atoms with Crippen molar-refractivity contribution in [3.8, 4) is 0 Å². The quantitative estimate of drug-likeness (QED) is 0.881. The summed E-state index contributed by atoms with van der Waals surface area (Å²) in [6.07, 6.45) is 4.42. The summed E-state index contributed by atoms with van der Waals surface area (Å²) < 4.78 is 0. The third-order valence-corrected chi connectivity index (χ3v) is 4.12. The van der Waals surface area contributed by atoms with E-state index in [1.54, 1.807) is 6.08 Å². The molecule has 0 saturated carbocycles. The Hall–Kier alpha value is -2.62. The molecule has 2 aromatic rings. The van der Waals surface area contributed by atoms with Crippen LogP contribution in [0.15, 0.2) is 54.6 Å². The number of carbonyl (C=O) groups is 2. The standard InChI is InChI=1S/C18H17NO3/c20-17(14-9-3-4-10-15(14)18(21)22)19-16-11-5-7-12-6-1-2-8-13(12)16/h1-8,11,14-15H,9-10H2,(H,19,20)(H,21,22)/p-1/t14-,15+/m0/s1. The third-order valence-electron chi connectivity index (χ3n) is 4.12. The topological polar surface area (TPSA) is 69.2 Å². The fraction of sp³-hybridized carbons (Fsp3) is 0.222. The zero-order valence-corrected chi connectivity index (χ0v) is 12.0. The number of anilines is 1. The van der Waals surface area contributed by atoms with E-state index in [0.29, 0.717) is 18.5 Å². The van der Waals surface area contributed by atoms with E-state index in [-0.39, 0.29) is 5.91 Å². The monoisotopic (exact) mass is 294 g/mol. The van der Waals surface area contributed by atoms with Gasteiger partial charge >= 0.3 is 0 Å². The SMILES string of the molecule is O=C(Nc1cccc2ccccc12)[C@H]1CC=CC[C@H]1C(=O)[O-]. The molecule has 22 heavy (non-hydrogen) atoms. The third kappa shape index (κ3) is 2.72. The van der Waals surface area contributed by atoms with Crippen molar-refractivity contribution in [2.45, 2.75) is 12.8 Å². The lowest BCUT2D eigenvalue weighted by molar-refractivity contribution is -0.313. The van der Waals surface area contributed by atoms with Crippen molar-refractivity contribution in [3.05, 3.63) is 54.6 Å². The summed E-state index contributed by atoms with van der Waals surface area (Å²) in [7, 11) is 0. The maximum Gasteiger partial charge on any atom is 0.228 e. The summed E-state index contributed by atoms with van der Waals surface area (Å²) in [6.45, 7) is 0. The molecule has 1 amide bonds. The molecule has 3 rings (SSSR count). The first-order valence-electron chi connectivity index (χ1n) is 7.31. The zero-order chi connectivity index (χ0) is 15.5. The van der Waals surface area contributed by atoms with Crippen molar-refractivity contribution >= 4 is 28.3 Å². The van der Waals surface area contributed by atoms with Crippen molar-refractivity contribution in [2.75, 3.05) is 5.32 Å². The molecule has 1 aliphatic carbocycles. The summed E-state index contributed by atoms with van der Waals surface area (Å²) in [5.41, 5.74) is 0.703. The molecule has 2 atom stereocenters. The van der Waals surface area contributed by atoms with E-state index in [1.165, 1.54) is 0 Å². The summed E-state index contributed by atoms with van der Waals surface area (Å²) in [4.78, 5) is 23.7. The van der Waals surface area contributed by atoms with Gasteiger partial charge in [0, 0.05) is 23.0 Å². The summed E-state index contributed by atoms with van der Waals surface area (Å²) >= 11 is 0. The van der Waals surface area contributed by atoms with Crippen molar-refractivity contribution in [2.24, 2.45) is 11.8 Å². The molecule has 0 aromatic heterocycles. The van der Waals surface area contributed by atoms with Gasteiger partial charge in [-0.3, -0.25) is 4.79 Å². The highest BCUT2D eigenvalue weighted by Gasteiger charge is 2.29. The predicted octanol–water partition coefficient (Wildman–Crippen LogP) is 2.11. The van der Waals surface area contributed by atoms with Crippen LogP contribution in [0.1, 0.15) is 12.8 Å². The molecule has 0 fully saturated rings. The number of amides is 1. The van der Waals surface area contributed by atoms with Crippen LogP contribution < -0.4 is 10.4 Å². The van der Waals surface area contributed by atoms with Crippen LogP contribution in [0.5, 0.6) is 0 Å². The first kappa shape index (κ1) is 14.3. The highest BCUT2D eigenvalue weighted by molar-refractivity contribution is 6.03. The Kier molecular flexibility index (Phi) is 3.92. The molecule has 0 aliphatic heterocycles. The van der Waals surface area contributed by atoms with Gasteiger partial charge in [-0.2, -0.15) is 0 Å². The smallest absolute Gasteiger partial charge is 0.228 e. The molecule has 0 saturated heterocycles. The minimum absolute atomic E-state index is 0.269. The largest absolute Gasteiger partial charge is 0.550 e. The van der Waals surface area contributed by atoms with Crippen molar-refractivity contribution in [3.63, 3.8) is 0 Å². The Balaban J connectivity index is 1.86.